The van der Waals surface area contributed by atoms with Crippen LogP contribution >= 0.6 is 0 Å². The lowest BCUT2D eigenvalue weighted by Crippen LogP contribution is -2.32. The molecule has 0 aromatic heterocycles. The predicted molar refractivity (Wildman–Crippen MR) is 123 cm³/mol. The van der Waals surface area contributed by atoms with E-state index in [0.717, 1.165) is 21.5 Å². The maximum atomic E-state index is 12.7. The Labute approximate surface area is 190 Å². The van der Waals surface area contributed by atoms with Gasteiger partial charge in [-0.2, -0.15) is 0 Å². The van der Waals surface area contributed by atoms with Gasteiger partial charge in [0.1, 0.15) is 18.8 Å². The average molecular weight is 442 g/mol. The first-order chi connectivity index (χ1) is 16.1. The third-order valence-corrected chi connectivity index (χ3v) is 5.79. The van der Waals surface area contributed by atoms with Crippen molar-refractivity contribution in [2.75, 3.05) is 6.61 Å². The second-order valence-corrected chi connectivity index (χ2v) is 8.03. The van der Waals surface area contributed by atoms with Gasteiger partial charge in [-0.1, -0.05) is 60.7 Å². The fourth-order valence-electron chi connectivity index (χ4n) is 4.05. The van der Waals surface area contributed by atoms with Crippen molar-refractivity contribution in [3.8, 4) is 0 Å². The summed E-state index contributed by atoms with van der Waals surface area (Å²) < 4.78 is 16.5. The topological polar surface area (TPSA) is 82.1 Å². The van der Waals surface area contributed by atoms with Crippen molar-refractivity contribution in [3.63, 3.8) is 0 Å². The largest absolute Gasteiger partial charge is 0.459 e. The molecular weight excluding hydrogens is 420 g/mol. The molecule has 1 unspecified atom stereocenters. The molecule has 0 amide bonds. The summed E-state index contributed by atoms with van der Waals surface area (Å²) in [6.07, 6.45) is -2.47. The third kappa shape index (κ3) is 4.58. The van der Waals surface area contributed by atoms with E-state index in [1.165, 1.54) is 0 Å². The van der Waals surface area contributed by atoms with Gasteiger partial charge < -0.3 is 19.3 Å². The highest BCUT2D eigenvalue weighted by molar-refractivity contribution is 5.96. The van der Waals surface area contributed by atoms with Crippen molar-refractivity contribution in [3.05, 3.63) is 96.1 Å². The molecule has 0 spiro atoms. The van der Waals surface area contributed by atoms with Crippen LogP contribution in [0.1, 0.15) is 27.1 Å². The van der Waals surface area contributed by atoms with E-state index in [-0.39, 0.29) is 13.0 Å². The van der Waals surface area contributed by atoms with Crippen LogP contribution in [0.25, 0.3) is 21.5 Å². The highest BCUT2D eigenvalue weighted by Crippen LogP contribution is 2.25. The Hall–Kier alpha value is -3.74. The normalized spacial score (nSPS) is 20.1. The van der Waals surface area contributed by atoms with Crippen LogP contribution in [0.3, 0.4) is 0 Å². The molecule has 1 heterocycles. The quantitative estimate of drug-likeness (QED) is 0.459. The number of carbonyl (C=O) groups excluding carboxylic acids is 2. The molecule has 5 rings (SSSR count). The molecule has 0 bridgehead atoms. The summed E-state index contributed by atoms with van der Waals surface area (Å²) in [6.45, 7) is -0.140. The molecule has 6 nitrogen and oxygen atoms in total. The monoisotopic (exact) mass is 442 g/mol. The molecule has 0 radical (unpaired) electrons. The van der Waals surface area contributed by atoms with Gasteiger partial charge in [0.25, 0.3) is 0 Å². The molecule has 1 fully saturated rings. The van der Waals surface area contributed by atoms with Crippen LogP contribution in [0.5, 0.6) is 0 Å². The average Bonchev–Trinajstić information content (AvgIpc) is 3.20. The Bertz CT molecular complexity index is 1330. The summed E-state index contributed by atoms with van der Waals surface area (Å²) >= 11 is 0. The number of carbonyl (C=O) groups is 2. The smallest absolute Gasteiger partial charge is 0.338 e. The molecule has 0 saturated carbocycles. The first kappa shape index (κ1) is 21.1. The molecule has 166 valence electrons. The van der Waals surface area contributed by atoms with Crippen LogP contribution in [0.2, 0.25) is 0 Å². The second kappa shape index (κ2) is 9.02. The number of hydrogen-bond donors (Lipinski definition) is 1. The van der Waals surface area contributed by atoms with Gasteiger partial charge in [-0.3, -0.25) is 0 Å². The predicted octanol–water partition coefficient (Wildman–Crippen LogP) is 4.48. The summed E-state index contributed by atoms with van der Waals surface area (Å²) in [6, 6.07) is 26.1. The minimum Gasteiger partial charge on any atom is -0.459 e. The van der Waals surface area contributed by atoms with Crippen molar-refractivity contribution in [2.24, 2.45) is 0 Å². The molecule has 6 heteroatoms. The number of hydrogen-bond acceptors (Lipinski definition) is 6. The number of aliphatic hydroxyl groups excluding tert-OH is 1. The van der Waals surface area contributed by atoms with Gasteiger partial charge >= 0.3 is 11.9 Å². The van der Waals surface area contributed by atoms with E-state index in [2.05, 4.69) is 0 Å². The summed E-state index contributed by atoms with van der Waals surface area (Å²) in [7, 11) is 0. The van der Waals surface area contributed by atoms with E-state index < -0.39 is 30.4 Å². The summed E-state index contributed by atoms with van der Waals surface area (Å²) in [4.78, 5) is 25.3. The standard InChI is InChI=1S/C27H22O6/c28-25-15-23(33-27(30)22-12-10-18-6-2-4-8-20(18)14-22)24(32-25)16-31-26(29)21-11-9-17-5-1-3-7-19(17)13-21/h1-14,23-25,28H,15-16H2/t23-,24+,25?/m1/s1. The van der Waals surface area contributed by atoms with Crippen molar-refractivity contribution < 1.29 is 28.9 Å². The Kier molecular flexibility index (Phi) is 5.77. The summed E-state index contributed by atoms with van der Waals surface area (Å²) in [5, 5.41) is 13.8. The van der Waals surface area contributed by atoms with Crippen LogP contribution in [0, 0.1) is 0 Å². The summed E-state index contributed by atoms with van der Waals surface area (Å²) in [5.74, 6) is -1.03. The second-order valence-electron chi connectivity index (χ2n) is 8.03. The molecule has 33 heavy (non-hydrogen) atoms. The lowest BCUT2D eigenvalue weighted by Gasteiger charge is -2.19. The number of benzene rings is 4. The van der Waals surface area contributed by atoms with E-state index in [1.807, 2.05) is 60.7 Å². The molecule has 1 aliphatic rings. The molecule has 1 saturated heterocycles. The molecule has 4 aromatic carbocycles. The van der Waals surface area contributed by atoms with Crippen LogP contribution < -0.4 is 0 Å². The number of rotatable bonds is 5. The van der Waals surface area contributed by atoms with Crippen molar-refractivity contribution >= 4 is 33.5 Å². The number of fused-ring (bicyclic) bond motifs is 2. The third-order valence-electron chi connectivity index (χ3n) is 5.79. The molecule has 1 N–H and O–H groups in total. The van der Waals surface area contributed by atoms with Crippen LogP contribution in [-0.4, -0.2) is 42.1 Å². The van der Waals surface area contributed by atoms with E-state index >= 15 is 0 Å². The van der Waals surface area contributed by atoms with Crippen LogP contribution in [-0.2, 0) is 14.2 Å². The van der Waals surface area contributed by atoms with Gasteiger partial charge in [-0.05, 0) is 45.8 Å². The number of aliphatic hydroxyl groups is 1. The fraction of sp³-hybridized carbons (Fsp3) is 0.185. The van der Waals surface area contributed by atoms with Gasteiger partial charge in [0.05, 0.1) is 11.1 Å². The Balaban J connectivity index is 1.24. The highest BCUT2D eigenvalue weighted by atomic mass is 16.7. The Morgan fingerprint density at radius 2 is 1.33 bits per heavy atom. The van der Waals surface area contributed by atoms with Gasteiger partial charge in [0.15, 0.2) is 6.29 Å². The number of esters is 2. The Morgan fingerprint density at radius 3 is 1.94 bits per heavy atom. The molecule has 4 aromatic rings. The maximum Gasteiger partial charge on any atom is 0.338 e. The SMILES string of the molecule is O=C(OC[C@@H]1OC(O)C[C@H]1OC(=O)c1ccc2ccccc2c1)c1ccc2ccccc2c1. The zero-order valence-electron chi connectivity index (χ0n) is 17.7. The molecule has 3 atom stereocenters. The summed E-state index contributed by atoms with van der Waals surface area (Å²) in [5.41, 5.74) is 0.818. The Morgan fingerprint density at radius 1 is 0.788 bits per heavy atom. The molecular formula is C27H22O6. The van der Waals surface area contributed by atoms with E-state index in [0.29, 0.717) is 11.1 Å². The zero-order valence-corrected chi connectivity index (χ0v) is 17.7. The lowest BCUT2D eigenvalue weighted by atomic mass is 10.1. The van der Waals surface area contributed by atoms with E-state index in [9.17, 15) is 14.7 Å². The molecule has 1 aliphatic heterocycles. The van der Waals surface area contributed by atoms with Crippen LogP contribution in [0.15, 0.2) is 84.9 Å². The van der Waals surface area contributed by atoms with E-state index in [4.69, 9.17) is 14.2 Å². The van der Waals surface area contributed by atoms with Gasteiger partial charge in [-0.15, -0.1) is 0 Å². The maximum absolute atomic E-state index is 12.7. The van der Waals surface area contributed by atoms with Crippen LogP contribution in [0.4, 0.5) is 0 Å². The zero-order chi connectivity index (χ0) is 22.8. The highest BCUT2D eigenvalue weighted by Gasteiger charge is 2.38. The van der Waals surface area contributed by atoms with Crippen molar-refractivity contribution in [1.29, 1.82) is 0 Å². The van der Waals surface area contributed by atoms with E-state index in [1.54, 1.807) is 24.3 Å². The first-order valence-electron chi connectivity index (χ1n) is 10.8. The lowest BCUT2D eigenvalue weighted by molar-refractivity contribution is -0.110. The van der Waals surface area contributed by atoms with Crippen molar-refractivity contribution in [1.82, 2.24) is 0 Å². The minimum absolute atomic E-state index is 0.109. The molecule has 0 aliphatic carbocycles. The fourth-order valence-corrected chi connectivity index (χ4v) is 4.05. The first-order valence-corrected chi connectivity index (χ1v) is 10.8. The van der Waals surface area contributed by atoms with Gasteiger partial charge in [0, 0.05) is 6.42 Å². The van der Waals surface area contributed by atoms with Crippen molar-refractivity contribution in [2.45, 2.75) is 24.9 Å². The van der Waals surface area contributed by atoms with Gasteiger partial charge in [0.2, 0.25) is 0 Å². The minimum atomic E-state index is -1.09. The number of ether oxygens (including phenoxy) is 3. The van der Waals surface area contributed by atoms with Gasteiger partial charge in [-0.25, -0.2) is 9.59 Å².